The molecule has 1 saturated heterocycles. The van der Waals surface area contributed by atoms with Gasteiger partial charge in [0.2, 0.25) is 0 Å². The van der Waals surface area contributed by atoms with Crippen LogP contribution in [0, 0.1) is 0 Å². The number of fused-ring (bicyclic) bond motifs is 1. The van der Waals surface area contributed by atoms with Gasteiger partial charge in [-0.2, -0.15) is 13.2 Å². The van der Waals surface area contributed by atoms with Crippen LogP contribution >= 0.6 is 0 Å². The summed E-state index contributed by atoms with van der Waals surface area (Å²) < 4.78 is 66.4. The van der Waals surface area contributed by atoms with Crippen molar-refractivity contribution in [1.29, 1.82) is 0 Å². The van der Waals surface area contributed by atoms with Crippen LogP contribution in [0.4, 0.5) is 17.6 Å². The first-order valence-corrected chi connectivity index (χ1v) is 11.4. The molecule has 0 unspecified atom stereocenters. The summed E-state index contributed by atoms with van der Waals surface area (Å²) in [6.45, 7) is 2.76. The zero-order valence-electron chi connectivity index (χ0n) is 19.6. The Hall–Kier alpha value is -3.51. The number of hydrogen-bond acceptors (Lipinski definition) is 5. The highest BCUT2D eigenvalue weighted by molar-refractivity contribution is 5.58. The van der Waals surface area contributed by atoms with Crippen LogP contribution in [0.3, 0.4) is 0 Å². The number of nitrogens with zero attached hydrogens (tertiary/aromatic N) is 5. The number of aromatic nitrogens is 5. The molecule has 1 aliphatic rings. The number of ether oxygens (including phenoxy) is 1. The summed E-state index contributed by atoms with van der Waals surface area (Å²) in [6.07, 6.45) is -2.22. The van der Waals surface area contributed by atoms with Crippen molar-refractivity contribution in [2.45, 2.75) is 31.2 Å². The Kier molecular flexibility index (Phi) is 5.95. The highest BCUT2D eigenvalue weighted by Crippen LogP contribution is 2.45. The van der Waals surface area contributed by atoms with Crippen LogP contribution in [0.25, 0.3) is 11.2 Å². The second kappa shape index (κ2) is 8.86. The van der Waals surface area contributed by atoms with E-state index in [4.69, 9.17) is 4.74 Å². The van der Waals surface area contributed by atoms with Gasteiger partial charge in [-0.1, -0.05) is 19.1 Å². The van der Waals surface area contributed by atoms with E-state index < -0.39 is 29.0 Å². The van der Waals surface area contributed by atoms with Gasteiger partial charge < -0.3 is 14.6 Å². The summed E-state index contributed by atoms with van der Waals surface area (Å²) in [5.74, 6) is 0.138. The summed E-state index contributed by atoms with van der Waals surface area (Å²) in [7, 11) is 1.64. The predicted octanol–water partition coefficient (Wildman–Crippen LogP) is 3.33. The van der Waals surface area contributed by atoms with Crippen molar-refractivity contribution in [3.8, 4) is 5.69 Å². The highest BCUT2D eigenvalue weighted by Gasteiger charge is 2.50. The van der Waals surface area contributed by atoms with E-state index in [-0.39, 0.29) is 31.1 Å². The van der Waals surface area contributed by atoms with E-state index in [0.717, 1.165) is 15.0 Å². The molecule has 0 bridgehead atoms. The molecule has 5 rings (SSSR count). The van der Waals surface area contributed by atoms with Gasteiger partial charge in [-0.3, -0.25) is 8.97 Å². The number of benzene rings is 1. The number of hydrogen-bond donors (Lipinski definition) is 1. The van der Waals surface area contributed by atoms with E-state index >= 15 is 4.39 Å². The van der Waals surface area contributed by atoms with Gasteiger partial charge in [0.05, 0.1) is 35.4 Å². The first-order chi connectivity index (χ1) is 17.2. The predicted molar refractivity (Wildman–Crippen MR) is 123 cm³/mol. The zero-order valence-corrected chi connectivity index (χ0v) is 19.6. The van der Waals surface area contributed by atoms with Crippen molar-refractivity contribution < 1.29 is 22.3 Å². The Balaban J connectivity index is 1.62. The minimum absolute atomic E-state index is 0.0864. The summed E-state index contributed by atoms with van der Waals surface area (Å²) in [4.78, 5) is 13.3. The molecule has 1 aromatic carbocycles. The fourth-order valence-electron chi connectivity index (χ4n) is 4.54. The first kappa shape index (κ1) is 24.2. The second-order valence-electron chi connectivity index (χ2n) is 8.94. The van der Waals surface area contributed by atoms with Crippen molar-refractivity contribution in [2.75, 3.05) is 19.8 Å². The van der Waals surface area contributed by atoms with Crippen LogP contribution in [0.5, 0.6) is 0 Å². The summed E-state index contributed by atoms with van der Waals surface area (Å²) >= 11 is 0. The largest absolute Gasteiger partial charge is 0.418 e. The zero-order chi connectivity index (χ0) is 25.7. The molecule has 1 N–H and O–H groups in total. The molecule has 3 aromatic heterocycles. The fourth-order valence-corrected chi connectivity index (χ4v) is 4.54. The normalized spacial score (nSPS) is 16.3. The lowest BCUT2D eigenvalue weighted by molar-refractivity contribution is -0.136. The summed E-state index contributed by atoms with van der Waals surface area (Å²) in [5, 5.41) is 10.6. The van der Waals surface area contributed by atoms with Crippen LogP contribution in [-0.2, 0) is 29.9 Å². The Morgan fingerprint density at radius 2 is 2.00 bits per heavy atom. The van der Waals surface area contributed by atoms with Crippen molar-refractivity contribution in [3.63, 3.8) is 0 Å². The van der Waals surface area contributed by atoms with E-state index in [2.05, 4.69) is 15.5 Å². The first-order valence-electron chi connectivity index (χ1n) is 11.4. The molecule has 0 spiro atoms. The third-order valence-electron chi connectivity index (χ3n) is 6.58. The van der Waals surface area contributed by atoms with Crippen molar-refractivity contribution in [1.82, 2.24) is 29.0 Å². The number of nitrogens with one attached hydrogen (secondary N) is 1. The molecule has 190 valence electrons. The Bertz CT molecular complexity index is 1470. The van der Waals surface area contributed by atoms with Crippen molar-refractivity contribution >= 4 is 5.52 Å². The summed E-state index contributed by atoms with van der Waals surface area (Å²) in [6, 6.07) is 7.61. The molecule has 0 amide bonds. The molecule has 36 heavy (non-hydrogen) atoms. The molecule has 1 fully saturated rings. The lowest BCUT2D eigenvalue weighted by Gasteiger charge is -2.43. The van der Waals surface area contributed by atoms with Gasteiger partial charge in [-0.25, -0.2) is 9.18 Å². The minimum Gasteiger partial charge on any atom is -0.379 e. The Labute approximate surface area is 203 Å². The number of rotatable bonds is 7. The lowest BCUT2D eigenvalue weighted by Crippen LogP contribution is -2.50. The average molecular weight is 504 g/mol. The number of aryl methyl sites for hydroxylation is 1. The van der Waals surface area contributed by atoms with Crippen LogP contribution in [0.2, 0.25) is 0 Å². The van der Waals surface area contributed by atoms with Gasteiger partial charge in [-0.15, -0.1) is 10.2 Å². The second-order valence-corrected chi connectivity index (χ2v) is 8.94. The molecule has 0 aliphatic carbocycles. The van der Waals surface area contributed by atoms with Gasteiger partial charge in [-0.05, 0) is 35.9 Å². The molecule has 0 saturated carbocycles. The van der Waals surface area contributed by atoms with E-state index in [9.17, 15) is 18.0 Å². The number of halogens is 4. The van der Waals surface area contributed by atoms with Crippen LogP contribution in [-0.4, -0.2) is 43.5 Å². The van der Waals surface area contributed by atoms with E-state index in [0.29, 0.717) is 23.4 Å². The molecule has 4 heterocycles. The molecule has 12 heteroatoms. The molecular formula is C24H24F4N6O2. The maximum Gasteiger partial charge on any atom is 0.418 e. The van der Waals surface area contributed by atoms with E-state index in [1.807, 2.05) is 6.92 Å². The topological polar surface area (TPSA) is 78.4 Å². The third-order valence-corrected chi connectivity index (χ3v) is 6.58. The van der Waals surface area contributed by atoms with Crippen molar-refractivity contribution in [3.05, 3.63) is 82.1 Å². The van der Waals surface area contributed by atoms with Crippen molar-refractivity contribution in [2.24, 2.45) is 7.05 Å². The van der Waals surface area contributed by atoms with Crippen LogP contribution < -0.4 is 11.0 Å². The minimum atomic E-state index is -4.65. The molecule has 4 aromatic rings. The average Bonchev–Trinajstić information content (AvgIpc) is 3.39. The molecule has 0 radical (unpaired) electrons. The van der Waals surface area contributed by atoms with Gasteiger partial charge in [0.15, 0.2) is 12.0 Å². The maximum atomic E-state index is 15.7. The van der Waals surface area contributed by atoms with Crippen LogP contribution in [0.15, 0.2) is 53.8 Å². The molecule has 1 atom stereocenters. The summed E-state index contributed by atoms with van der Waals surface area (Å²) in [5.41, 5.74) is -1.68. The van der Waals surface area contributed by atoms with Gasteiger partial charge in [0.25, 0.3) is 0 Å². The quantitative estimate of drug-likeness (QED) is 0.391. The van der Waals surface area contributed by atoms with E-state index in [1.165, 1.54) is 23.3 Å². The third kappa shape index (κ3) is 3.90. The molecule has 8 nitrogen and oxygen atoms in total. The molecular weight excluding hydrogens is 480 g/mol. The highest BCUT2D eigenvalue weighted by atomic mass is 19.4. The number of pyridine rings is 1. The Morgan fingerprint density at radius 3 is 2.61 bits per heavy atom. The van der Waals surface area contributed by atoms with Crippen LogP contribution in [0.1, 0.15) is 35.6 Å². The Morgan fingerprint density at radius 1 is 1.22 bits per heavy atom. The number of alkyl halides is 4. The van der Waals surface area contributed by atoms with Gasteiger partial charge >= 0.3 is 11.9 Å². The van der Waals surface area contributed by atoms with E-state index in [1.54, 1.807) is 31.3 Å². The maximum absolute atomic E-state index is 15.7. The standard InChI is InChI=1S/C24H24F4N6O2/c1-3-29-9-15-7-18(24(26,27)28)19-11-33(22(35)34(19)10-15)17-6-4-5-16(8-17)23(12-36-13-23)20(25)21-31-30-14-32(21)2/h4-8,10-11,14,20,29H,3,9,12-13H2,1-2H3/t20-/m1/s1. The van der Waals surface area contributed by atoms with Gasteiger partial charge in [0, 0.05) is 26.0 Å². The molecule has 1 aliphatic heterocycles. The lowest BCUT2D eigenvalue weighted by atomic mass is 9.74. The SMILES string of the molecule is CCNCc1cc(C(F)(F)F)c2cn(-c3cccc(C4([C@H](F)c5nncn5C)COC4)c3)c(=O)n2c1. The fraction of sp³-hybridized carbons (Fsp3) is 0.375. The smallest absolute Gasteiger partial charge is 0.379 e. The van der Waals surface area contributed by atoms with Gasteiger partial charge in [0.1, 0.15) is 6.33 Å². The number of imidazole rings is 1. The monoisotopic (exact) mass is 504 g/mol.